The van der Waals surface area contributed by atoms with Crippen LogP contribution in [0, 0.1) is 0 Å². The molecule has 0 bridgehead atoms. The second-order valence-electron chi connectivity index (χ2n) is 7.96. The van der Waals surface area contributed by atoms with Gasteiger partial charge in [0.05, 0.1) is 12.1 Å². The van der Waals surface area contributed by atoms with Gasteiger partial charge in [-0.05, 0) is 49.1 Å². The third kappa shape index (κ3) is 4.99. The molecule has 32 heavy (non-hydrogen) atoms. The zero-order chi connectivity index (χ0) is 22.3. The van der Waals surface area contributed by atoms with Crippen molar-refractivity contribution < 1.29 is 14.3 Å². The first-order chi connectivity index (χ1) is 15.6. The van der Waals surface area contributed by atoms with Crippen LogP contribution in [0.25, 0.3) is 16.5 Å². The number of esters is 1. The molecule has 0 aliphatic carbocycles. The normalized spacial score (nSPS) is 14.0. The van der Waals surface area contributed by atoms with Crippen LogP contribution in [0.1, 0.15) is 43.0 Å². The number of allylic oxidation sites excluding steroid dienone is 3. The number of fused-ring (bicyclic) bond motifs is 2. The van der Waals surface area contributed by atoms with E-state index in [1.807, 2.05) is 54.7 Å². The van der Waals surface area contributed by atoms with Gasteiger partial charge in [0.15, 0.2) is 0 Å². The van der Waals surface area contributed by atoms with Crippen LogP contribution in [-0.4, -0.2) is 29.6 Å². The van der Waals surface area contributed by atoms with Crippen molar-refractivity contribution in [1.29, 1.82) is 0 Å². The predicted molar refractivity (Wildman–Crippen MR) is 129 cm³/mol. The van der Waals surface area contributed by atoms with Crippen molar-refractivity contribution in [2.75, 3.05) is 18.1 Å². The molecule has 1 aromatic heterocycles. The smallest absolute Gasteiger partial charge is 0.302 e. The third-order valence-electron chi connectivity index (χ3n) is 5.67. The maximum absolute atomic E-state index is 13.0. The van der Waals surface area contributed by atoms with E-state index in [1.54, 1.807) is 10.6 Å². The molecule has 5 nitrogen and oxygen atoms in total. The van der Waals surface area contributed by atoms with E-state index in [4.69, 9.17) is 4.74 Å². The highest BCUT2D eigenvalue weighted by molar-refractivity contribution is 6.05. The van der Waals surface area contributed by atoms with Crippen LogP contribution < -0.4 is 4.90 Å². The number of ether oxygens (including phenoxy) is 1. The van der Waals surface area contributed by atoms with Gasteiger partial charge in [-0.3, -0.25) is 14.2 Å². The number of carbonyl (C=O) groups is 2. The van der Waals surface area contributed by atoms with Gasteiger partial charge in [-0.15, -0.1) is 0 Å². The molecule has 164 valence electrons. The molecule has 0 spiro atoms. The van der Waals surface area contributed by atoms with Crippen LogP contribution in [0.5, 0.6) is 0 Å². The summed E-state index contributed by atoms with van der Waals surface area (Å²) in [5, 5.41) is 1.05. The SMILES string of the molecule is CC(=O)OCCCCCCN1C=C/C(=C\C(=O)n2ccc3ccccc32)c2ccccc21. The Balaban J connectivity index is 1.43. The van der Waals surface area contributed by atoms with Crippen molar-refractivity contribution in [1.82, 2.24) is 4.57 Å². The highest BCUT2D eigenvalue weighted by atomic mass is 16.5. The van der Waals surface area contributed by atoms with E-state index in [-0.39, 0.29) is 11.9 Å². The van der Waals surface area contributed by atoms with Crippen LogP contribution >= 0.6 is 0 Å². The van der Waals surface area contributed by atoms with Crippen molar-refractivity contribution >= 4 is 34.0 Å². The first kappa shape index (κ1) is 21.6. The summed E-state index contributed by atoms with van der Waals surface area (Å²) in [4.78, 5) is 26.1. The Morgan fingerprint density at radius 3 is 2.59 bits per heavy atom. The Labute approximate surface area is 188 Å². The fourth-order valence-electron chi connectivity index (χ4n) is 4.06. The van der Waals surface area contributed by atoms with Gasteiger partial charge >= 0.3 is 5.97 Å². The summed E-state index contributed by atoms with van der Waals surface area (Å²) < 4.78 is 6.68. The minimum absolute atomic E-state index is 0.0538. The van der Waals surface area contributed by atoms with E-state index in [0.717, 1.165) is 60.0 Å². The van der Waals surface area contributed by atoms with Crippen molar-refractivity contribution in [2.45, 2.75) is 32.6 Å². The van der Waals surface area contributed by atoms with Crippen LogP contribution in [0.15, 0.2) is 79.1 Å². The second-order valence-corrected chi connectivity index (χ2v) is 7.96. The number of rotatable bonds is 8. The van der Waals surface area contributed by atoms with E-state index < -0.39 is 0 Å². The monoisotopic (exact) mass is 428 g/mol. The number of aromatic nitrogens is 1. The van der Waals surface area contributed by atoms with Crippen LogP contribution in [0.2, 0.25) is 0 Å². The van der Waals surface area contributed by atoms with Gasteiger partial charge in [0, 0.05) is 48.6 Å². The molecule has 0 radical (unpaired) electrons. The summed E-state index contributed by atoms with van der Waals surface area (Å²) in [6.45, 7) is 2.85. The molecular formula is C27H28N2O3. The predicted octanol–water partition coefficient (Wildman–Crippen LogP) is 5.82. The highest BCUT2D eigenvalue weighted by Crippen LogP contribution is 2.33. The maximum Gasteiger partial charge on any atom is 0.302 e. The van der Waals surface area contributed by atoms with Gasteiger partial charge in [-0.1, -0.05) is 42.8 Å². The number of anilines is 1. The lowest BCUT2D eigenvalue weighted by molar-refractivity contribution is -0.141. The molecule has 0 saturated heterocycles. The Hall–Kier alpha value is -3.60. The summed E-state index contributed by atoms with van der Waals surface area (Å²) in [5.41, 5.74) is 4.01. The maximum atomic E-state index is 13.0. The van der Waals surface area contributed by atoms with Gasteiger partial charge in [-0.2, -0.15) is 0 Å². The molecule has 0 fully saturated rings. The second kappa shape index (κ2) is 10.1. The zero-order valence-electron chi connectivity index (χ0n) is 18.4. The van der Waals surface area contributed by atoms with Gasteiger partial charge in [0.2, 0.25) is 0 Å². The summed E-state index contributed by atoms with van der Waals surface area (Å²) in [7, 11) is 0. The third-order valence-corrected chi connectivity index (χ3v) is 5.67. The molecule has 4 rings (SSSR count). The summed E-state index contributed by atoms with van der Waals surface area (Å²) >= 11 is 0. The average Bonchev–Trinajstić information content (AvgIpc) is 3.24. The number of para-hydroxylation sites is 2. The fourth-order valence-corrected chi connectivity index (χ4v) is 4.06. The van der Waals surface area contributed by atoms with Crippen molar-refractivity contribution in [3.05, 3.63) is 84.7 Å². The molecule has 0 saturated carbocycles. The number of unbranched alkanes of at least 4 members (excludes halogenated alkanes) is 3. The molecule has 0 unspecified atom stereocenters. The van der Waals surface area contributed by atoms with Crippen LogP contribution in [0.4, 0.5) is 5.69 Å². The largest absolute Gasteiger partial charge is 0.466 e. The summed E-state index contributed by atoms with van der Waals surface area (Å²) in [6, 6.07) is 18.1. The summed E-state index contributed by atoms with van der Waals surface area (Å²) in [5.74, 6) is -0.269. The molecule has 0 N–H and O–H groups in total. The Bertz CT molecular complexity index is 1170. The van der Waals surface area contributed by atoms with E-state index in [2.05, 4.69) is 23.2 Å². The molecule has 3 aromatic rings. The van der Waals surface area contributed by atoms with Gasteiger partial charge in [0.25, 0.3) is 5.91 Å². The molecule has 5 heteroatoms. The summed E-state index contributed by atoms with van der Waals surface area (Å²) in [6.07, 6.45) is 11.7. The minimum atomic E-state index is -0.215. The molecule has 1 aliphatic rings. The van der Waals surface area contributed by atoms with Gasteiger partial charge < -0.3 is 9.64 Å². The van der Waals surface area contributed by atoms with E-state index in [9.17, 15) is 9.59 Å². The molecule has 0 amide bonds. The van der Waals surface area contributed by atoms with Gasteiger partial charge in [-0.25, -0.2) is 0 Å². The Morgan fingerprint density at radius 2 is 1.72 bits per heavy atom. The Morgan fingerprint density at radius 1 is 0.938 bits per heavy atom. The quantitative estimate of drug-likeness (QED) is 0.258. The topological polar surface area (TPSA) is 51.5 Å². The van der Waals surface area contributed by atoms with Crippen molar-refractivity contribution in [3.8, 4) is 0 Å². The molecule has 1 aliphatic heterocycles. The van der Waals surface area contributed by atoms with Crippen molar-refractivity contribution in [3.63, 3.8) is 0 Å². The first-order valence-corrected chi connectivity index (χ1v) is 11.1. The molecule has 2 heterocycles. The first-order valence-electron chi connectivity index (χ1n) is 11.1. The highest BCUT2D eigenvalue weighted by Gasteiger charge is 2.17. The van der Waals surface area contributed by atoms with E-state index >= 15 is 0 Å². The standard InChI is InChI=1S/C27H28N2O3/c1-21(30)32-19-9-3-2-8-16-28-17-14-23(24-11-5-7-13-26(24)28)20-27(31)29-18-15-22-10-4-6-12-25(22)29/h4-7,10-15,17-18,20H,2-3,8-9,16,19H2,1H3/b23-20+. The number of hydrogen-bond acceptors (Lipinski definition) is 4. The molecule has 2 aromatic carbocycles. The number of hydrogen-bond donors (Lipinski definition) is 0. The number of benzene rings is 2. The lowest BCUT2D eigenvalue weighted by Gasteiger charge is -2.27. The average molecular weight is 429 g/mol. The molecular weight excluding hydrogens is 400 g/mol. The lowest BCUT2D eigenvalue weighted by atomic mass is 9.99. The molecule has 0 atom stereocenters. The Kier molecular flexibility index (Phi) is 6.85. The van der Waals surface area contributed by atoms with E-state index in [1.165, 1.54) is 6.92 Å². The van der Waals surface area contributed by atoms with Gasteiger partial charge in [0.1, 0.15) is 0 Å². The fraction of sp³-hybridized carbons (Fsp3) is 0.259. The number of nitrogens with zero attached hydrogens (tertiary/aromatic N) is 2. The zero-order valence-corrected chi connectivity index (χ0v) is 18.4. The van der Waals surface area contributed by atoms with E-state index in [0.29, 0.717) is 6.61 Å². The number of carbonyl (C=O) groups excluding carboxylic acids is 2. The van der Waals surface area contributed by atoms with Crippen LogP contribution in [-0.2, 0) is 9.53 Å². The lowest BCUT2D eigenvalue weighted by Crippen LogP contribution is -2.21. The van der Waals surface area contributed by atoms with Crippen LogP contribution in [0.3, 0.4) is 0 Å². The van der Waals surface area contributed by atoms with Crippen molar-refractivity contribution in [2.24, 2.45) is 0 Å². The minimum Gasteiger partial charge on any atom is -0.466 e.